The number of nitrogens with one attached hydrogen (secondary N) is 1. The van der Waals surface area contributed by atoms with Crippen LogP contribution in [0.1, 0.15) is 16.8 Å². The largest absolute Gasteiger partial charge is 0.372 e. The zero-order valence-corrected chi connectivity index (χ0v) is 14.3. The van der Waals surface area contributed by atoms with Crippen LogP contribution in [0.5, 0.6) is 0 Å². The number of para-hydroxylation sites is 1. The van der Waals surface area contributed by atoms with E-state index < -0.39 is 5.60 Å². The van der Waals surface area contributed by atoms with Crippen LogP contribution in [0.25, 0.3) is 10.9 Å². The van der Waals surface area contributed by atoms with Crippen molar-refractivity contribution in [3.8, 4) is 0 Å². The van der Waals surface area contributed by atoms with E-state index in [1.54, 1.807) is 7.05 Å². The molecule has 0 spiro atoms. The van der Waals surface area contributed by atoms with Gasteiger partial charge in [-0.1, -0.05) is 34.1 Å². The Morgan fingerprint density at radius 3 is 2.74 bits per heavy atom. The number of carbonyl (C=O) groups excluding carboxylic acids is 1. The molecule has 0 unspecified atom stereocenters. The van der Waals surface area contributed by atoms with E-state index in [0.29, 0.717) is 11.1 Å². The summed E-state index contributed by atoms with van der Waals surface area (Å²) in [6, 6.07) is 13.2. The predicted octanol–water partition coefficient (Wildman–Crippen LogP) is 3.45. The molecule has 0 aliphatic carbocycles. The van der Waals surface area contributed by atoms with Crippen molar-refractivity contribution >= 4 is 38.4 Å². The molecular formula is C18H15BrN2O2. The maximum atomic E-state index is 12.9. The number of hydrogen-bond acceptors (Lipinski definition) is 2. The van der Waals surface area contributed by atoms with Crippen molar-refractivity contribution in [3.05, 3.63) is 63.8 Å². The van der Waals surface area contributed by atoms with Crippen molar-refractivity contribution in [2.24, 2.45) is 0 Å². The van der Waals surface area contributed by atoms with Gasteiger partial charge in [-0.15, -0.1) is 0 Å². The quantitative estimate of drug-likeness (QED) is 0.689. The Balaban J connectivity index is 2.10. The van der Waals surface area contributed by atoms with Gasteiger partial charge in [-0.3, -0.25) is 4.79 Å². The van der Waals surface area contributed by atoms with Crippen molar-refractivity contribution < 1.29 is 9.90 Å². The smallest absolute Gasteiger partial charge is 0.268 e. The molecule has 0 fully saturated rings. The number of fused-ring (bicyclic) bond motifs is 2. The van der Waals surface area contributed by atoms with Crippen molar-refractivity contribution in [1.82, 2.24) is 4.98 Å². The number of amides is 1. The first-order valence-electron chi connectivity index (χ1n) is 7.33. The van der Waals surface area contributed by atoms with Gasteiger partial charge >= 0.3 is 0 Å². The van der Waals surface area contributed by atoms with Gasteiger partial charge in [0.2, 0.25) is 0 Å². The minimum atomic E-state index is -1.68. The lowest BCUT2D eigenvalue weighted by atomic mass is 9.85. The SMILES string of the molecule is Cc1[nH]c2ccccc2c1[C@@]1(O)C(=O)N(C)c2ccc(Br)cc21. The Kier molecular flexibility index (Phi) is 2.95. The highest BCUT2D eigenvalue weighted by atomic mass is 79.9. The number of anilines is 1. The average Bonchev–Trinajstić information content (AvgIpc) is 2.96. The Hall–Kier alpha value is -2.11. The van der Waals surface area contributed by atoms with Crippen molar-refractivity contribution in [3.63, 3.8) is 0 Å². The van der Waals surface area contributed by atoms with E-state index in [1.807, 2.05) is 49.4 Å². The fraction of sp³-hybridized carbons (Fsp3) is 0.167. The molecule has 2 aromatic carbocycles. The van der Waals surface area contributed by atoms with Crippen LogP contribution < -0.4 is 4.90 Å². The Morgan fingerprint density at radius 1 is 1.22 bits per heavy atom. The van der Waals surface area contributed by atoms with E-state index in [9.17, 15) is 9.90 Å². The molecule has 1 amide bonds. The van der Waals surface area contributed by atoms with Crippen LogP contribution in [0.2, 0.25) is 0 Å². The summed E-state index contributed by atoms with van der Waals surface area (Å²) < 4.78 is 0.829. The third kappa shape index (κ3) is 1.77. The number of aromatic amines is 1. The normalized spacial score (nSPS) is 20.3. The molecular weight excluding hydrogens is 356 g/mol. The average molecular weight is 371 g/mol. The summed E-state index contributed by atoms with van der Waals surface area (Å²) in [7, 11) is 1.69. The van der Waals surface area contributed by atoms with Gasteiger partial charge in [0, 0.05) is 39.2 Å². The molecule has 1 aromatic heterocycles. The zero-order chi connectivity index (χ0) is 16.4. The molecule has 0 radical (unpaired) electrons. The van der Waals surface area contributed by atoms with E-state index in [0.717, 1.165) is 26.8 Å². The fourth-order valence-corrected chi connectivity index (χ4v) is 3.90. The maximum Gasteiger partial charge on any atom is 0.268 e. The van der Waals surface area contributed by atoms with E-state index in [-0.39, 0.29) is 5.91 Å². The lowest BCUT2D eigenvalue weighted by Gasteiger charge is -2.23. The van der Waals surface area contributed by atoms with Crippen LogP contribution in [0.4, 0.5) is 5.69 Å². The molecule has 2 heterocycles. The van der Waals surface area contributed by atoms with Crippen LogP contribution in [0.15, 0.2) is 46.9 Å². The molecule has 2 N–H and O–H groups in total. The van der Waals surface area contributed by atoms with Gasteiger partial charge in [-0.05, 0) is 31.2 Å². The Bertz CT molecular complexity index is 963. The molecule has 116 valence electrons. The number of nitrogens with zero attached hydrogens (tertiary/aromatic N) is 1. The summed E-state index contributed by atoms with van der Waals surface area (Å²) in [4.78, 5) is 17.7. The zero-order valence-electron chi connectivity index (χ0n) is 12.7. The Labute approximate surface area is 141 Å². The highest BCUT2D eigenvalue weighted by Crippen LogP contribution is 2.47. The van der Waals surface area contributed by atoms with E-state index in [4.69, 9.17) is 0 Å². The molecule has 5 heteroatoms. The van der Waals surface area contributed by atoms with Gasteiger partial charge in [0.1, 0.15) is 0 Å². The first-order valence-corrected chi connectivity index (χ1v) is 8.12. The molecule has 0 saturated heterocycles. The van der Waals surface area contributed by atoms with Crippen LogP contribution in [0, 0.1) is 6.92 Å². The van der Waals surface area contributed by atoms with Gasteiger partial charge in [0.05, 0.1) is 5.69 Å². The second kappa shape index (κ2) is 4.69. The van der Waals surface area contributed by atoms with E-state index >= 15 is 0 Å². The number of aromatic nitrogens is 1. The highest BCUT2D eigenvalue weighted by Gasteiger charge is 2.51. The fourth-order valence-electron chi connectivity index (χ4n) is 3.54. The number of aryl methyl sites for hydroxylation is 1. The number of H-pyrrole nitrogens is 1. The molecule has 4 nitrogen and oxygen atoms in total. The molecule has 4 rings (SSSR count). The number of halogens is 1. The summed E-state index contributed by atoms with van der Waals surface area (Å²) in [5, 5.41) is 12.4. The van der Waals surface area contributed by atoms with Crippen molar-refractivity contribution in [1.29, 1.82) is 0 Å². The van der Waals surface area contributed by atoms with E-state index in [2.05, 4.69) is 20.9 Å². The minimum Gasteiger partial charge on any atom is -0.372 e. The first kappa shape index (κ1) is 14.5. The van der Waals surface area contributed by atoms with Gasteiger partial charge in [-0.2, -0.15) is 0 Å². The molecule has 1 aliphatic heterocycles. The third-order valence-corrected chi connectivity index (χ3v) is 5.07. The second-order valence-electron chi connectivity index (χ2n) is 5.91. The number of benzene rings is 2. The number of rotatable bonds is 1. The van der Waals surface area contributed by atoms with Crippen molar-refractivity contribution in [2.45, 2.75) is 12.5 Å². The molecule has 0 saturated carbocycles. The lowest BCUT2D eigenvalue weighted by Crippen LogP contribution is -2.39. The van der Waals surface area contributed by atoms with Crippen molar-refractivity contribution in [2.75, 3.05) is 11.9 Å². The molecule has 0 bridgehead atoms. The molecule has 23 heavy (non-hydrogen) atoms. The number of carbonyl (C=O) groups is 1. The summed E-state index contributed by atoms with van der Waals surface area (Å²) >= 11 is 3.44. The van der Waals surface area contributed by atoms with Gasteiger partial charge in [0.25, 0.3) is 5.91 Å². The Morgan fingerprint density at radius 2 is 1.96 bits per heavy atom. The third-order valence-electron chi connectivity index (χ3n) is 4.58. The maximum absolute atomic E-state index is 12.9. The number of likely N-dealkylation sites (N-methyl/N-ethyl adjacent to an activating group) is 1. The summed E-state index contributed by atoms with van der Waals surface area (Å²) in [5.41, 5.74) is 1.98. The second-order valence-corrected chi connectivity index (χ2v) is 6.82. The van der Waals surface area contributed by atoms with Gasteiger partial charge in [-0.25, -0.2) is 0 Å². The van der Waals surface area contributed by atoms with Crippen LogP contribution in [-0.4, -0.2) is 23.0 Å². The monoisotopic (exact) mass is 370 g/mol. The van der Waals surface area contributed by atoms with Crippen LogP contribution >= 0.6 is 15.9 Å². The first-order chi connectivity index (χ1) is 10.9. The number of hydrogen-bond donors (Lipinski definition) is 2. The van der Waals surface area contributed by atoms with Crippen LogP contribution in [0.3, 0.4) is 0 Å². The molecule has 3 aromatic rings. The predicted molar refractivity (Wildman–Crippen MR) is 93.6 cm³/mol. The number of aliphatic hydroxyl groups is 1. The van der Waals surface area contributed by atoms with Gasteiger partial charge in [0.15, 0.2) is 5.60 Å². The topological polar surface area (TPSA) is 56.3 Å². The molecule has 1 atom stereocenters. The van der Waals surface area contributed by atoms with Crippen LogP contribution in [-0.2, 0) is 10.4 Å². The van der Waals surface area contributed by atoms with Gasteiger partial charge < -0.3 is 15.0 Å². The lowest BCUT2D eigenvalue weighted by molar-refractivity contribution is -0.131. The molecule has 1 aliphatic rings. The summed E-state index contributed by atoms with van der Waals surface area (Å²) in [6.45, 7) is 1.89. The standard InChI is InChI=1S/C18H15BrN2O2/c1-10-16(12-5-3-4-6-14(12)20-10)18(23)13-9-11(19)7-8-15(13)21(2)17(18)22/h3-9,20,23H,1-2H3/t18-/m1/s1. The highest BCUT2D eigenvalue weighted by molar-refractivity contribution is 9.10. The minimum absolute atomic E-state index is 0.335. The summed E-state index contributed by atoms with van der Waals surface area (Å²) in [5.74, 6) is -0.335. The summed E-state index contributed by atoms with van der Waals surface area (Å²) in [6.07, 6.45) is 0. The van der Waals surface area contributed by atoms with E-state index in [1.165, 1.54) is 4.90 Å².